The van der Waals surface area contributed by atoms with Gasteiger partial charge < -0.3 is 10.2 Å². The zero-order valence-electron chi connectivity index (χ0n) is 7.41. The van der Waals surface area contributed by atoms with E-state index in [1.54, 1.807) is 0 Å². The summed E-state index contributed by atoms with van der Waals surface area (Å²) in [6.45, 7) is 2.12. The predicted molar refractivity (Wildman–Crippen MR) is 51.0 cm³/mol. The predicted octanol–water partition coefficient (Wildman–Crippen LogP) is 1.03. The van der Waals surface area contributed by atoms with Crippen molar-refractivity contribution in [2.24, 2.45) is 5.73 Å². The van der Waals surface area contributed by atoms with Crippen molar-refractivity contribution in [3.05, 3.63) is 5.89 Å². The van der Waals surface area contributed by atoms with Crippen LogP contribution in [0.1, 0.15) is 19.2 Å². The van der Waals surface area contributed by atoms with Crippen LogP contribution in [0.15, 0.2) is 9.64 Å². The summed E-state index contributed by atoms with van der Waals surface area (Å²) < 4.78 is 5.18. The topological polar surface area (TPSA) is 64.9 Å². The molecule has 0 radical (unpaired) electrons. The lowest BCUT2D eigenvalue weighted by molar-refractivity contribution is 0.415. The number of thioether (sulfide) groups is 1. The van der Waals surface area contributed by atoms with Crippen molar-refractivity contribution in [1.29, 1.82) is 0 Å². The highest BCUT2D eigenvalue weighted by molar-refractivity contribution is 7.99. The minimum absolute atomic E-state index is 0.294. The van der Waals surface area contributed by atoms with Crippen LogP contribution in [-0.4, -0.2) is 16.0 Å². The van der Waals surface area contributed by atoms with E-state index in [9.17, 15) is 0 Å². The smallest absolute Gasteiger partial charge is 0.276 e. The summed E-state index contributed by atoms with van der Waals surface area (Å²) in [5.41, 5.74) is 5.31. The lowest BCUT2D eigenvalue weighted by atomic mass is 10.5. The average Bonchev–Trinajstić information content (AvgIpc) is 2.60. The molecular weight excluding hydrogens is 186 g/mol. The largest absolute Gasteiger partial charge is 0.415 e. The van der Waals surface area contributed by atoms with Crippen LogP contribution in [0.3, 0.4) is 0 Å². The van der Waals surface area contributed by atoms with E-state index in [1.165, 1.54) is 11.8 Å². The molecule has 0 aliphatic rings. The molecule has 0 unspecified atom stereocenters. The van der Waals surface area contributed by atoms with Crippen molar-refractivity contribution in [1.82, 2.24) is 10.2 Å². The molecule has 0 bridgehead atoms. The molecule has 1 rings (SSSR count). The van der Waals surface area contributed by atoms with Gasteiger partial charge in [-0.25, -0.2) is 0 Å². The van der Waals surface area contributed by atoms with E-state index < -0.39 is 0 Å². The van der Waals surface area contributed by atoms with Crippen LogP contribution in [-0.2, 0) is 6.54 Å². The van der Waals surface area contributed by atoms with Gasteiger partial charge in [0.1, 0.15) is 0 Å². The highest BCUT2D eigenvalue weighted by Gasteiger charge is 2.03. The second kappa shape index (κ2) is 5.62. The van der Waals surface area contributed by atoms with Gasteiger partial charge in [-0.3, -0.25) is 0 Å². The van der Waals surface area contributed by atoms with Crippen LogP contribution < -0.4 is 5.73 Å². The molecule has 0 amide bonds. The van der Waals surface area contributed by atoms with Gasteiger partial charge in [-0.2, -0.15) is 0 Å². The first-order chi connectivity index (χ1) is 6.36. The van der Waals surface area contributed by atoms with Gasteiger partial charge in [0.25, 0.3) is 5.22 Å². The maximum atomic E-state index is 5.31. The Labute approximate surface area is 81.3 Å². The van der Waals surface area contributed by atoms with E-state index in [1.807, 2.05) is 6.92 Å². The van der Waals surface area contributed by atoms with E-state index in [-0.39, 0.29) is 0 Å². The van der Waals surface area contributed by atoms with Crippen molar-refractivity contribution in [3.63, 3.8) is 0 Å². The first-order valence-corrected chi connectivity index (χ1v) is 4.90. The Balaban J connectivity index is 2.31. The van der Waals surface area contributed by atoms with Gasteiger partial charge in [0.05, 0.1) is 6.54 Å². The van der Waals surface area contributed by atoms with Crippen molar-refractivity contribution in [3.8, 4) is 11.8 Å². The SMILES string of the molecule is CC#CCCSc1nnc(CN)o1. The fraction of sp³-hybridized carbons (Fsp3) is 0.500. The van der Waals surface area contributed by atoms with E-state index in [0.29, 0.717) is 17.7 Å². The van der Waals surface area contributed by atoms with Crippen LogP contribution in [0.2, 0.25) is 0 Å². The average molecular weight is 197 g/mol. The molecule has 0 aliphatic heterocycles. The Morgan fingerprint density at radius 1 is 1.54 bits per heavy atom. The standard InChI is InChI=1S/C8H11N3OS/c1-2-3-4-5-13-8-11-10-7(6-9)12-8/h4-6,9H2,1H3. The van der Waals surface area contributed by atoms with Gasteiger partial charge >= 0.3 is 0 Å². The van der Waals surface area contributed by atoms with E-state index in [2.05, 4.69) is 22.0 Å². The van der Waals surface area contributed by atoms with Crippen LogP contribution in [0.25, 0.3) is 0 Å². The van der Waals surface area contributed by atoms with Gasteiger partial charge in [-0.15, -0.1) is 22.0 Å². The molecule has 5 heteroatoms. The number of rotatable bonds is 4. The molecule has 1 heterocycles. The monoisotopic (exact) mass is 197 g/mol. The molecular formula is C8H11N3OS. The summed E-state index contributed by atoms with van der Waals surface area (Å²) in [5.74, 6) is 7.12. The zero-order chi connectivity index (χ0) is 9.52. The minimum Gasteiger partial charge on any atom is -0.415 e. The summed E-state index contributed by atoms with van der Waals surface area (Å²) >= 11 is 1.50. The maximum absolute atomic E-state index is 5.31. The molecule has 2 N–H and O–H groups in total. The van der Waals surface area contributed by atoms with E-state index >= 15 is 0 Å². The molecule has 0 aromatic carbocycles. The molecule has 0 fully saturated rings. The van der Waals surface area contributed by atoms with Crippen LogP contribution in [0.4, 0.5) is 0 Å². The lowest BCUT2D eigenvalue weighted by Crippen LogP contribution is -1.95. The first-order valence-electron chi connectivity index (χ1n) is 3.91. The molecule has 13 heavy (non-hydrogen) atoms. The third kappa shape index (κ3) is 3.49. The zero-order valence-corrected chi connectivity index (χ0v) is 8.23. The first kappa shape index (κ1) is 10.1. The Bertz CT molecular complexity index is 313. The normalized spacial score (nSPS) is 9.38. The van der Waals surface area contributed by atoms with Crippen molar-refractivity contribution >= 4 is 11.8 Å². The molecule has 70 valence electrons. The summed E-state index contributed by atoms with van der Waals surface area (Å²) in [6, 6.07) is 0. The highest BCUT2D eigenvalue weighted by atomic mass is 32.2. The minimum atomic E-state index is 0.294. The van der Waals surface area contributed by atoms with Gasteiger partial charge in [-0.05, 0) is 6.92 Å². The number of aromatic nitrogens is 2. The Hall–Kier alpha value is -0.990. The number of hydrogen-bond donors (Lipinski definition) is 1. The maximum Gasteiger partial charge on any atom is 0.276 e. The molecule has 1 aromatic heterocycles. The number of nitrogens with two attached hydrogens (primary N) is 1. The third-order valence-electron chi connectivity index (χ3n) is 1.25. The summed E-state index contributed by atoms with van der Waals surface area (Å²) in [5, 5.41) is 8.11. The second-order valence-corrected chi connectivity index (χ2v) is 3.24. The van der Waals surface area contributed by atoms with Gasteiger partial charge in [-0.1, -0.05) is 11.8 Å². The van der Waals surface area contributed by atoms with Gasteiger partial charge in [0, 0.05) is 12.2 Å². The Kier molecular flexibility index (Phi) is 4.36. The van der Waals surface area contributed by atoms with E-state index in [0.717, 1.165) is 12.2 Å². The molecule has 1 aromatic rings. The quantitative estimate of drug-likeness (QED) is 0.444. The molecule has 0 saturated carbocycles. The Morgan fingerprint density at radius 3 is 3.00 bits per heavy atom. The lowest BCUT2D eigenvalue weighted by Gasteiger charge is -1.88. The molecule has 0 saturated heterocycles. The van der Waals surface area contributed by atoms with Crippen LogP contribution >= 0.6 is 11.8 Å². The van der Waals surface area contributed by atoms with Crippen LogP contribution in [0.5, 0.6) is 0 Å². The molecule has 0 atom stereocenters. The summed E-state index contributed by atoms with van der Waals surface area (Å²) in [6.07, 6.45) is 0.835. The fourth-order valence-corrected chi connectivity index (χ4v) is 1.33. The highest BCUT2D eigenvalue weighted by Crippen LogP contribution is 2.16. The number of nitrogens with zero attached hydrogens (tertiary/aromatic N) is 2. The molecule has 0 spiro atoms. The Morgan fingerprint density at radius 2 is 2.38 bits per heavy atom. The second-order valence-electron chi connectivity index (χ2n) is 2.19. The fourth-order valence-electron chi connectivity index (χ4n) is 0.693. The molecule has 4 nitrogen and oxygen atoms in total. The van der Waals surface area contributed by atoms with Crippen molar-refractivity contribution < 1.29 is 4.42 Å². The van der Waals surface area contributed by atoms with Crippen molar-refractivity contribution in [2.45, 2.75) is 25.1 Å². The van der Waals surface area contributed by atoms with Crippen LogP contribution in [0, 0.1) is 11.8 Å². The third-order valence-corrected chi connectivity index (χ3v) is 2.07. The molecule has 0 aliphatic carbocycles. The summed E-state index contributed by atoms with van der Waals surface area (Å²) in [7, 11) is 0. The summed E-state index contributed by atoms with van der Waals surface area (Å²) in [4.78, 5) is 0. The number of hydrogen-bond acceptors (Lipinski definition) is 5. The van der Waals surface area contributed by atoms with Crippen molar-refractivity contribution in [2.75, 3.05) is 5.75 Å². The van der Waals surface area contributed by atoms with Gasteiger partial charge in [0.15, 0.2) is 0 Å². The van der Waals surface area contributed by atoms with Gasteiger partial charge in [0.2, 0.25) is 5.89 Å². The van der Waals surface area contributed by atoms with E-state index in [4.69, 9.17) is 10.2 Å².